The molecule has 2 heterocycles. The number of hydrogen-bond acceptors (Lipinski definition) is 4. The highest BCUT2D eigenvalue weighted by molar-refractivity contribution is 6.21. The Bertz CT molecular complexity index is 1210. The lowest BCUT2D eigenvalue weighted by Crippen LogP contribution is -2.17. The van der Waals surface area contributed by atoms with Gasteiger partial charge in [-0.3, -0.25) is 4.79 Å². The van der Waals surface area contributed by atoms with Crippen molar-refractivity contribution in [2.45, 2.75) is 37.7 Å². The highest BCUT2D eigenvalue weighted by Gasteiger charge is 2.25. The summed E-state index contributed by atoms with van der Waals surface area (Å²) in [5, 5.41) is 11.3. The Morgan fingerprint density at radius 3 is 2.73 bits per heavy atom. The number of aromatic amines is 2. The maximum atomic E-state index is 13.8. The molecule has 0 unspecified atom stereocenters. The van der Waals surface area contributed by atoms with Crippen LogP contribution in [0.1, 0.15) is 37.4 Å². The SMILES string of the molecule is O=c1[nH]cnc2c3[nH]c(C4CCC(O)CC4)nc3c3ccc(F)cc3c12. The Morgan fingerprint density at radius 2 is 1.92 bits per heavy atom. The van der Waals surface area contributed by atoms with E-state index in [4.69, 9.17) is 4.98 Å². The van der Waals surface area contributed by atoms with Gasteiger partial charge in [0.2, 0.25) is 0 Å². The van der Waals surface area contributed by atoms with Crippen molar-refractivity contribution in [3.8, 4) is 0 Å². The Labute approximate surface area is 147 Å². The summed E-state index contributed by atoms with van der Waals surface area (Å²) in [6.45, 7) is 0. The molecule has 4 aromatic rings. The molecule has 132 valence electrons. The van der Waals surface area contributed by atoms with Gasteiger partial charge in [-0.15, -0.1) is 0 Å². The first-order valence-electron chi connectivity index (χ1n) is 8.78. The van der Waals surface area contributed by atoms with Gasteiger partial charge in [-0.1, -0.05) is 0 Å². The van der Waals surface area contributed by atoms with E-state index in [0.717, 1.165) is 36.9 Å². The van der Waals surface area contributed by atoms with Crippen molar-refractivity contribution >= 4 is 32.7 Å². The second-order valence-electron chi connectivity index (χ2n) is 7.00. The van der Waals surface area contributed by atoms with Crippen LogP contribution in [-0.2, 0) is 0 Å². The molecule has 2 aromatic carbocycles. The molecule has 3 N–H and O–H groups in total. The summed E-state index contributed by atoms with van der Waals surface area (Å²) in [5.74, 6) is 0.670. The second-order valence-corrected chi connectivity index (χ2v) is 7.00. The van der Waals surface area contributed by atoms with Crippen molar-refractivity contribution in [2.24, 2.45) is 0 Å². The Morgan fingerprint density at radius 1 is 1.12 bits per heavy atom. The third-order valence-corrected chi connectivity index (χ3v) is 5.40. The van der Waals surface area contributed by atoms with Crippen LogP contribution in [-0.4, -0.2) is 31.1 Å². The van der Waals surface area contributed by atoms with Crippen molar-refractivity contribution in [1.29, 1.82) is 0 Å². The van der Waals surface area contributed by atoms with Crippen LogP contribution in [0.5, 0.6) is 0 Å². The van der Waals surface area contributed by atoms with Crippen LogP contribution >= 0.6 is 0 Å². The van der Waals surface area contributed by atoms with E-state index in [0.29, 0.717) is 27.3 Å². The highest BCUT2D eigenvalue weighted by Crippen LogP contribution is 2.36. The maximum absolute atomic E-state index is 13.8. The topological polar surface area (TPSA) is 94.7 Å². The fourth-order valence-corrected chi connectivity index (χ4v) is 4.07. The predicted molar refractivity (Wildman–Crippen MR) is 96.7 cm³/mol. The summed E-state index contributed by atoms with van der Waals surface area (Å²) in [6.07, 6.45) is 4.35. The van der Waals surface area contributed by atoms with Gasteiger partial charge in [0.25, 0.3) is 5.56 Å². The van der Waals surface area contributed by atoms with Crippen LogP contribution in [0.25, 0.3) is 32.7 Å². The third kappa shape index (κ3) is 2.24. The molecule has 7 heteroatoms. The lowest BCUT2D eigenvalue weighted by atomic mass is 9.87. The average Bonchev–Trinajstić information content (AvgIpc) is 3.08. The quantitative estimate of drug-likeness (QED) is 0.459. The minimum absolute atomic E-state index is 0.235. The summed E-state index contributed by atoms with van der Waals surface area (Å²) < 4.78 is 13.8. The summed E-state index contributed by atoms with van der Waals surface area (Å²) in [6, 6.07) is 4.40. The number of H-pyrrole nitrogens is 2. The van der Waals surface area contributed by atoms with Crippen molar-refractivity contribution in [1.82, 2.24) is 19.9 Å². The Hall–Kier alpha value is -2.80. The number of rotatable bonds is 1. The lowest BCUT2D eigenvalue weighted by molar-refractivity contribution is 0.121. The van der Waals surface area contributed by atoms with Crippen molar-refractivity contribution in [3.63, 3.8) is 0 Å². The van der Waals surface area contributed by atoms with E-state index in [1.165, 1.54) is 18.5 Å². The fourth-order valence-electron chi connectivity index (χ4n) is 4.07. The van der Waals surface area contributed by atoms with E-state index in [2.05, 4.69) is 15.0 Å². The van der Waals surface area contributed by atoms with Crippen LogP contribution in [0.15, 0.2) is 29.3 Å². The van der Waals surface area contributed by atoms with Gasteiger partial charge in [-0.25, -0.2) is 14.4 Å². The van der Waals surface area contributed by atoms with Crippen LogP contribution < -0.4 is 5.56 Å². The van der Waals surface area contributed by atoms with Crippen LogP contribution in [0, 0.1) is 5.82 Å². The zero-order valence-electron chi connectivity index (χ0n) is 13.9. The van der Waals surface area contributed by atoms with Gasteiger partial charge in [-0.05, 0) is 43.9 Å². The monoisotopic (exact) mass is 352 g/mol. The van der Waals surface area contributed by atoms with Gasteiger partial charge >= 0.3 is 0 Å². The molecule has 0 atom stereocenters. The van der Waals surface area contributed by atoms with E-state index in [1.807, 2.05) is 0 Å². The molecule has 0 radical (unpaired) electrons. The van der Waals surface area contributed by atoms with Crippen LogP contribution in [0.4, 0.5) is 4.39 Å². The largest absolute Gasteiger partial charge is 0.393 e. The molecular weight excluding hydrogens is 335 g/mol. The summed E-state index contributed by atoms with van der Waals surface area (Å²) in [7, 11) is 0. The van der Waals surface area contributed by atoms with Gasteiger partial charge in [-0.2, -0.15) is 0 Å². The number of aromatic nitrogens is 4. The third-order valence-electron chi connectivity index (χ3n) is 5.40. The van der Waals surface area contributed by atoms with E-state index < -0.39 is 5.82 Å². The summed E-state index contributed by atoms with van der Waals surface area (Å²) >= 11 is 0. The number of nitrogens with one attached hydrogen (secondary N) is 2. The van der Waals surface area contributed by atoms with Gasteiger partial charge < -0.3 is 15.1 Å². The molecule has 0 bridgehead atoms. The Balaban J connectivity index is 1.85. The molecule has 1 saturated carbocycles. The first-order valence-corrected chi connectivity index (χ1v) is 8.78. The van der Waals surface area contributed by atoms with Gasteiger partial charge in [0.1, 0.15) is 17.2 Å². The molecule has 2 aromatic heterocycles. The number of aliphatic hydroxyl groups excluding tert-OH is 1. The van der Waals surface area contributed by atoms with Crippen molar-refractivity contribution in [2.75, 3.05) is 0 Å². The molecule has 26 heavy (non-hydrogen) atoms. The fraction of sp³-hybridized carbons (Fsp3) is 0.316. The average molecular weight is 352 g/mol. The van der Waals surface area contributed by atoms with Crippen molar-refractivity contribution in [3.05, 3.63) is 46.5 Å². The van der Waals surface area contributed by atoms with Crippen LogP contribution in [0.2, 0.25) is 0 Å². The molecule has 0 aliphatic heterocycles. The zero-order chi connectivity index (χ0) is 17.8. The molecule has 5 rings (SSSR count). The maximum Gasteiger partial charge on any atom is 0.259 e. The van der Waals surface area contributed by atoms with E-state index in [-0.39, 0.29) is 17.6 Å². The minimum atomic E-state index is -0.404. The molecule has 6 nitrogen and oxygen atoms in total. The van der Waals surface area contributed by atoms with Crippen molar-refractivity contribution < 1.29 is 9.50 Å². The minimum Gasteiger partial charge on any atom is -0.393 e. The number of fused-ring (bicyclic) bond motifs is 6. The van der Waals surface area contributed by atoms with E-state index >= 15 is 0 Å². The molecular formula is C19H17FN4O2. The summed E-state index contributed by atoms with van der Waals surface area (Å²) in [4.78, 5) is 27.5. The lowest BCUT2D eigenvalue weighted by Gasteiger charge is -2.23. The number of imidazole rings is 1. The number of halogens is 1. The molecule has 1 aliphatic carbocycles. The normalized spacial score (nSPS) is 21.0. The molecule has 0 saturated heterocycles. The van der Waals surface area contributed by atoms with Gasteiger partial charge in [0, 0.05) is 16.7 Å². The molecule has 0 spiro atoms. The standard InChI is InChI=1S/C19H17FN4O2/c20-10-3-6-12-13(7-10)14-16(21-8-22-19(14)26)17-15(12)23-18(24-17)9-1-4-11(25)5-2-9/h3,6-9,11,25H,1-2,4-5H2,(H,23,24)(H,21,22,26). The molecule has 1 fully saturated rings. The first kappa shape index (κ1) is 15.5. The smallest absolute Gasteiger partial charge is 0.259 e. The molecule has 0 amide bonds. The number of nitrogens with zero attached hydrogens (tertiary/aromatic N) is 2. The number of hydrogen-bond donors (Lipinski definition) is 3. The van der Waals surface area contributed by atoms with Gasteiger partial charge in [0.15, 0.2) is 0 Å². The van der Waals surface area contributed by atoms with Crippen LogP contribution in [0.3, 0.4) is 0 Å². The zero-order valence-corrected chi connectivity index (χ0v) is 13.9. The second kappa shape index (κ2) is 5.60. The van der Waals surface area contributed by atoms with E-state index in [9.17, 15) is 14.3 Å². The van der Waals surface area contributed by atoms with Gasteiger partial charge in [0.05, 0.1) is 28.9 Å². The van der Waals surface area contributed by atoms with E-state index in [1.54, 1.807) is 6.07 Å². The summed E-state index contributed by atoms with van der Waals surface area (Å²) in [5.41, 5.74) is 1.60. The number of aliphatic hydroxyl groups is 1. The molecule has 1 aliphatic rings. The first-order chi connectivity index (χ1) is 12.6. The number of benzene rings is 2. The highest BCUT2D eigenvalue weighted by atomic mass is 19.1. The Kier molecular flexibility index (Phi) is 3.33. The predicted octanol–water partition coefficient (Wildman–Crippen LogP) is 3.11.